The van der Waals surface area contributed by atoms with Gasteiger partial charge in [-0.25, -0.2) is 4.79 Å². The van der Waals surface area contributed by atoms with Gasteiger partial charge in [-0.2, -0.15) is 0 Å². The highest BCUT2D eigenvalue weighted by molar-refractivity contribution is 5.88. The van der Waals surface area contributed by atoms with E-state index in [1.54, 1.807) is 12.1 Å². The van der Waals surface area contributed by atoms with E-state index >= 15 is 0 Å². The molecule has 0 fully saturated rings. The number of carbonyl (C=O) groups excluding carboxylic acids is 1. The Morgan fingerprint density at radius 2 is 1.69 bits per heavy atom. The lowest BCUT2D eigenvalue weighted by Crippen LogP contribution is -2.39. The number of ether oxygens (including phenoxy) is 2. The first-order chi connectivity index (χ1) is 12.4. The van der Waals surface area contributed by atoms with Crippen molar-refractivity contribution < 1.29 is 24.2 Å². The zero-order valence-electron chi connectivity index (χ0n) is 14.7. The summed E-state index contributed by atoms with van der Waals surface area (Å²) in [6, 6.07) is 12.0. The number of aromatic carboxylic acids is 1. The first-order valence-electron chi connectivity index (χ1n) is 8.38. The molecule has 0 unspecified atom stereocenters. The highest BCUT2D eigenvalue weighted by atomic mass is 16.6. The Morgan fingerprint density at radius 3 is 2.35 bits per heavy atom. The average Bonchev–Trinajstić information content (AvgIpc) is 2.65. The number of nitrogens with one attached hydrogen (secondary N) is 1. The van der Waals surface area contributed by atoms with E-state index in [-0.39, 0.29) is 11.5 Å². The van der Waals surface area contributed by atoms with Crippen LogP contribution in [0.4, 0.5) is 0 Å². The fourth-order valence-electron chi connectivity index (χ4n) is 2.73. The summed E-state index contributed by atoms with van der Waals surface area (Å²) in [5.74, 6) is 0.241. The third-order valence-corrected chi connectivity index (χ3v) is 4.49. The smallest absolute Gasteiger partial charge is 0.335 e. The molecule has 2 aromatic rings. The van der Waals surface area contributed by atoms with Crippen LogP contribution < -0.4 is 14.8 Å². The molecule has 1 heterocycles. The largest absolute Gasteiger partial charge is 0.486 e. The molecular weight excluding hydrogens is 334 g/mol. The van der Waals surface area contributed by atoms with Crippen LogP contribution in [0.2, 0.25) is 0 Å². The number of amides is 1. The fourth-order valence-corrected chi connectivity index (χ4v) is 2.73. The van der Waals surface area contributed by atoms with E-state index in [9.17, 15) is 9.59 Å². The van der Waals surface area contributed by atoms with Crippen LogP contribution in [0.15, 0.2) is 42.5 Å². The van der Waals surface area contributed by atoms with Gasteiger partial charge in [-0.3, -0.25) is 4.79 Å². The van der Waals surface area contributed by atoms with E-state index in [1.165, 1.54) is 12.1 Å². The molecule has 26 heavy (non-hydrogen) atoms. The van der Waals surface area contributed by atoms with E-state index in [0.29, 0.717) is 31.3 Å². The van der Waals surface area contributed by atoms with Gasteiger partial charge in [-0.15, -0.1) is 0 Å². The summed E-state index contributed by atoms with van der Waals surface area (Å²) in [6.07, 6.45) is 0. The second kappa shape index (κ2) is 7.07. The quantitative estimate of drug-likeness (QED) is 0.861. The number of fused-ring (bicyclic) bond motifs is 1. The van der Waals surface area contributed by atoms with E-state index in [0.717, 1.165) is 11.1 Å². The van der Waals surface area contributed by atoms with Gasteiger partial charge in [0, 0.05) is 6.54 Å². The van der Waals surface area contributed by atoms with Gasteiger partial charge in [0.15, 0.2) is 11.5 Å². The molecule has 3 rings (SSSR count). The summed E-state index contributed by atoms with van der Waals surface area (Å²) in [7, 11) is 0. The zero-order chi connectivity index (χ0) is 18.7. The van der Waals surface area contributed by atoms with Crippen molar-refractivity contribution in [3.05, 3.63) is 59.2 Å². The van der Waals surface area contributed by atoms with Crippen LogP contribution in [-0.4, -0.2) is 30.2 Å². The molecule has 1 aliphatic heterocycles. The van der Waals surface area contributed by atoms with Gasteiger partial charge < -0.3 is 19.9 Å². The Bertz CT molecular complexity index is 827. The molecule has 0 radical (unpaired) electrons. The molecule has 136 valence electrons. The van der Waals surface area contributed by atoms with Gasteiger partial charge in [-0.1, -0.05) is 18.2 Å². The molecule has 1 amide bonds. The van der Waals surface area contributed by atoms with Crippen molar-refractivity contribution in [2.45, 2.75) is 25.8 Å². The molecule has 6 nitrogen and oxygen atoms in total. The molecule has 1 aliphatic rings. The van der Waals surface area contributed by atoms with Crippen molar-refractivity contribution >= 4 is 11.9 Å². The summed E-state index contributed by atoms with van der Waals surface area (Å²) >= 11 is 0. The first-order valence-corrected chi connectivity index (χ1v) is 8.38. The second-order valence-electron chi connectivity index (χ2n) is 6.67. The van der Waals surface area contributed by atoms with E-state index in [2.05, 4.69) is 5.32 Å². The minimum atomic E-state index is -0.972. The van der Waals surface area contributed by atoms with Crippen molar-refractivity contribution in [1.29, 1.82) is 0 Å². The van der Waals surface area contributed by atoms with Gasteiger partial charge in [0.25, 0.3) is 0 Å². The van der Waals surface area contributed by atoms with Crippen LogP contribution in [0.1, 0.15) is 35.3 Å². The lowest BCUT2D eigenvalue weighted by molar-refractivity contribution is -0.125. The number of rotatable bonds is 5. The van der Waals surface area contributed by atoms with Crippen molar-refractivity contribution in [1.82, 2.24) is 5.32 Å². The molecule has 0 atom stereocenters. The van der Waals surface area contributed by atoms with Crippen LogP contribution in [0, 0.1) is 0 Å². The summed E-state index contributed by atoms with van der Waals surface area (Å²) < 4.78 is 11.1. The predicted octanol–water partition coefficient (Wildman–Crippen LogP) is 2.75. The van der Waals surface area contributed by atoms with E-state index < -0.39 is 11.4 Å². The number of benzene rings is 2. The van der Waals surface area contributed by atoms with Crippen molar-refractivity contribution in [2.75, 3.05) is 13.2 Å². The van der Waals surface area contributed by atoms with Crippen molar-refractivity contribution in [3.63, 3.8) is 0 Å². The van der Waals surface area contributed by atoms with Gasteiger partial charge >= 0.3 is 5.97 Å². The van der Waals surface area contributed by atoms with Gasteiger partial charge in [0.1, 0.15) is 13.2 Å². The molecule has 0 saturated heterocycles. The molecule has 0 aliphatic carbocycles. The van der Waals surface area contributed by atoms with Gasteiger partial charge in [-0.05, 0) is 49.2 Å². The van der Waals surface area contributed by atoms with Crippen molar-refractivity contribution in [3.8, 4) is 11.5 Å². The maximum atomic E-state index is 12.7. The van der Waals surface area contributed by atoms with Gasteiger partial charge in [0.05, 0.1) is 11.0 Å². The average molecular weight is 355 g/mol. The fraction of sp³-hybridized carbons (Fsp3) is 0.300. The predicted molar refractivity (Wildman–Crippen MR) is 95.7 cm³/mol. The molecule has 6 heteroatoms. The Morgan fingerprint density at radius 1 is 1.04 bits per heavy atom. The number of hydrogen-bond donors (Lipinski definition) is 2. The SMILES string of the molecule is CC(C)(C(=O)NCc1ccc(C(=O)O)cc1)c1ccc2c(c1)OCCO2. The standard InChI is InChI=1S/C20H21NO5/c1-20(2,15-7-8-16-17(11-15)26-10-9-25-16)19(24)21-12-13-3-5-14(6-4-13)18(22)23/h3-8,11H,9-10,12H2,1-2H3,(H,21,24)(H,22,23). The molecule has 2 N–H and O–H groups in total. The van der Waals surface area contributed by atoms with Gasteiger partial charge in [0.2, 0.25) is 5.91 Å². The topological polar surface area (TPSA) is 84.9 Å². The maximum absolute atomic E-state index is 12.7. The second-order valence-corrected chi connectivity index (χ2v) is 6.67. The lowest BCUT2D eigenvalue weighted by Gasteiger charge is -2.26. The summed E-state index contributed by atoms with van der Waals surface area (Å²) in [4.78, 5) is 23.6. The minimum absolute atomic E-state index is 0.128. The van der Waals surface area contributed by atoms with E-state index in [4.69, 9.17) is 14.6 Å². The summed E-state index contributed by atoms with van der Waals surface area (Å²) in [5.41, 5.74) is 1.13. The Kier molecular flexibility index (Phi) is 4.84. The number of carbonyl (C=O) groups is 2. The highest BCUT2D eigenvalue weighted by Gasteiger charge is 2.31. The Balaban J connectivity index is 1.68. The van der Waals surface area contributed by atoms with Crippen LogP contribution in [0.3, 0.4) is 0 Å². The Hall–Kier alpha value is -3.02. The lowest BCUT2D eigenvalue weighted by atomic mass is 9.83. The summed E-state index contributed by atoms with van der Waals surface area (Å²) in [6.45, 7) is 5.04. The summed E-state index contributed by atoms with van der Waals surface area (Å²) in [5, 5.41) is 11.8. The molecule has 2 aromatic carbocycles. The monoisotopic (exact) mass is 355 g/mol. The first kappa shape index (κ1) is 17.8. The number of carboxylic acids is 1. The molecular formula is C20H21NO5. The molecule has 0 spiro atoms. The highest BCUT2D eigenvalue weighted by Crippen LogP contribution is 2.35. The van der Waals surface area contributed by atoms with Crippen LogP contribution in [0.5, 0.6) is 11.5 Å². The van der Waals surface area contributed by atoms with Crippen LogP contribution in [-0.2, 0) is 16.8 Å². The minimum Gasteiger partial charge on any atom is -0.486 e. The van der Waals surface area contributed by atoms with Crippen molar-refractivity contribution in [2.24, 2.45) is 0 Å². The maximum Gasteiger partial charge on any atom is 0.335 e. The number of carboxylic acid groups (broad SMARTS) is 1. The molecule has 0 aromatic heterocycles. The van der Waals surface area contributed by atoms with Crippen LogP contribution >= 0.6 is 0 Å². The Labute approximate surface area is 151 Å². The number of hydrogen-bond acceptors (Lipinski definition) is 4. The molecule has 0 saturated carbocycles. The molecule has 0 bridgehead atoms. The third kappa shape index (κ3) is 3.64. The normalized spacial score (nSPS) is 13.2. The zero-order valence-corrected chi connectivity index (χ0v) is 14.7. The third-order valence-electron chi connectivity index (χ3n) is 4.49. The van der Waals surface area contributed by atoms with Crippen LogP contribution in [0.25, 0.3) is 0 Å². The van der Waals surface area contributed by atoms with E-state index in [1.807, 2.05) is 32.0 Å².